The third-order valence-corrected chi connectivity index (χ3v) is 4.74. The number of hydrogen-bond donors (Lipinski definition) is 1. The number of rotatable bonds is 2. The summed E-state index contributed by atoms with van der Waals surface area (Å²) in [6.45, 7) is -0.311. The molecule has 0 spiro atoms. The maximum Gasteiger partial charge on any atom is 0.241 e. The van der Waals surface area contributed by atoms with Gasteiger partial charge in [0.1, 0.15) is 5.60 Å². The molecule has 3 aliphatic heterocycles. The fourth-order valence-electron chi connectivity index (χ4n) is 3.53. The van der Waals surface area contributed by atoms with Gasteiger partial charge < -0.3 is 9.84 Å². The van der Waals surface area contributed by atoms with Gasteiger partial charge in [-0.05, 0) is 24.3 Å². The Morgan fingerprint density at radius 2 is 1.95 bits per heavy atom. The summed E-state index contributed by atoms with van der Waals surface area (Å²) in [5, 5.41) is 10.1. The Morgan fingerprint density at radius 1 is 1.24 bits per heavy atom. The average Bonchev–Trinajstić information content (AvgIpc) is 3.12. The highest BCUT2D eigenvalue weighted by molar-refractivity contribution is 6.31. The highest BCUT2D eigenvalue weighted by Gasteiger charge is 2.67. The van der Waals surface area contributed by atoms with E-state index in [-0.39, 0.29) is 18.4 Å². The van der Waals surface area contributed by atoms with Gasteiger partial charge in [0.05, 0.1) is 30.2 Å². The summed E-state index contributed by atoms with van der Waals surface area (Å²) < 4.78 is 5.67. The number of nitrogens with zero attached hydrogens (tertiary/aromatic N) is 1. The Morgan fingerprint density at radius 3 is 2.62 bits per heavy atom. The van der Waals surface area contributed by atoms with Crippen LogP contribution < -0.4 is 4.90 Å². The molecule has 2 fully saturated rings. The molecule has 4 atom stereocenters. The van der Waals surface area contributed by atoms with Crippen molar-refractivity contribution in [2.75, 3.05) is 11.5 Å². The van der Waals surface area contributed by atoms with Crippen molar-refractivity contribution in [3.05, 3.63) is 41.4 Å². The third-order valence-electron chi connectivity index (χ3n) is 4.49. The largest absolute Gasteiger partial charge is 0.393 e. The van der Waals surface area contributed by atoms with Crippen LogP contribution in [0.2, 0.25) is 5.02 Å². The second-order valence-electron chi connectivity index (χ2n) is 5.55. The van der Waals surface area contributed by atoms with E-state index in [1.165, 1.54) is 4.90 Å². The number of carbonyl (C=O) groups is 2. The highest BCUT2D eigenvalue weighted by Crippen LogP contribution is 2.52. The Balaban J connectivity index is 1.77. The molecule has 2 bridgehead atoms. The van der Waals surface area contributed by atoms with Crippen LogP contribution >= 0.6 is 11.6 Å². The molecule has 0 radical (unpaired) electrons. The smallest absolute Gasteiger partial charge is 0.241 e. The van der Waals surface area contributed by atoms with Crippen LogP contribution in [0.5, 0.6) is 0 Å². The molecule has 2 saturated heterocycles. The molecule has 0 aromatic heterocycles. The summed E-state index contributed by atoms with van der Waals surface area (Å²) in [7, 11) is 0. The summed E-state index contributed by atoms with van der Waals surface area (Å²) in [6, 6.07) is 6.55. The Hall–Kier alpha value is -1.69. The molecule has 1 N–H and O–H groups in total. The molecule has 4 rings (SSSR count). The van der Waals surface area contributed by atoms with Gasteiger partial charge in [-0.15, -0.1) is 0 Å². The first-order valence-electron chi connectivity index (χ1n) is 6.69. The molecule has 2 amide bonds. The normalized spacial score (nSPS) is 36.7. The van der Waals surface area contributed by atoms with Gasteiger partial charge in [-0.25, -0.2) is 4.90 Å². The molecule has 3 heterocycles. The van der Waals surface area contributed by atoms with Crippen LogP contribution in [0.1, 0.15) is 0 Å². The van der Waals surface area contributed by atoms with Gasteiger partial charge in [-0.2, -0.15) is 0 Å². The van der Waals surface area contributed by atoms with Gasteiger partial charge in [0, 0.05) is 5.02 Å². The number of ether oxygens (including phenoxy) is 1. The van der Waals surface area contributed by atoms with E-state index < -0.39 is 23.5 Å². The SMILES string of the molecule is O=C1[C@@H]2[C@@H]3C=C[C@](CO)(O3)[C@@H]2C(=O)N1c1ccc(Cl)cc1. The summed E-state index contributed by atoms with van der Waals surface area (Å²) in [5.41, 5.74) is -0.556. The Bertz CT molecular complexity index is 671. The maximum absolute atomic E-state index is 12.7. The Kier molecular flexibility index (Phi) is 2.58. The molecule has 1 aromatic rings. The first-order chi connectivity index (χ1) is 10.1. The standard InChI is InChI=1S/C15H12ClNO4/c16-8-1-3-9(4-2-8)17-13(19)11-10-5-6-15(7-18,21-10)12(11)14(17)20/h1-6,10-12,18H,7H2/t10-,11+,12-,15+/m0/s1. The molecule has 0 aliphatic carbocycles. The van der Waals surface area contributed by atoms with Crippen molar-refractivity contribution in [1.82, 2.24) is 0 Å². The number of imide groups is 1. The predicted octanol–water partition coefficient (Wildman–Crippen LogP) is 1.15. The fraction of sp³-hybridized carbons (Fsp3) is 0.333. The van der Waals surface area contributed by atoms with Crippen LogP contribution in [0, 0.1) is 11.8 Å². The minimum Gasteiger partial charge on any atom is -0.393 e. The van der Waals surface area contributed by atoms with Gasteiger partial charge >= 0.3 is 0 Å². The molecule has 108 valence electrons. The summed E-state index contributed by atoms with van der Waals surface area (Å²) >= 11 is 5.84. The van der Waals surface area contributed by atoms with Gasteiger partial charge in [-0.1, -0.05) is 23.8 Å². The highest BCUT2D eigenvalue weighted by atomic mass is 35.5. The zero-order valence-electron chi connectivity index (χ0n) is 10.9. The lowest BCUT2D eigenvalue weighted by Crippen LogP contribution is -2.43. The molecular weight excluding hydrogens is 294 g/mol. The molecule has 6 heteroatoms. The average molecular weight is 306 g/mol. The van der Waals surface area contributed by atoms with Crippen molar-refractivity contribution in [3.63, 3.8) is 0 Å². The van der Waals surface area contributed by atoms with Crippen molar-refractivity contribution < 1.29 is 19.4 Å². The molecule has 5 nitrogen and oxygen atoms in total. The zero-order chi connectivity index (χ0) is 14.8. The van der Waals surface area contributed by atoms with Crippen LogP contribution in [0.3, 0.4) is 0 Å². The molecule has 1 aromatic carbocycles. The van der Waals surface area contributed by atoms with Crippen LogP contribution in [0.25, 0.3) is 0 Å². The number of hydrogen-bond acceptors (Lipinski definition) is 4. The number of amides is 2. The van der Waals surface area contributed by atoms with Gasteiger partial charge in [0.15, 0.2) is 0 Å². The molecule has 21 heavy (non-hydrogen) atoms. The lowest BCUT2D eigenvalue weighted by Gasteiger charge is -2.26. The topological polar surface area (TPSA) is 66.8 Å². The van der Waals surface area contributed by atoms with Crippen molar-refractivity contribution in [1.29, 1.82) is 0 Å². The molecule has 3 aliphatic rings. The first-order valence-corrected chi connectivity index (χ1v) is 7.07. The lowest BCUT2D eigenvalue weighted by atomic mass is 9.77. The Labute approximate surface area is 125 Å². The van der Waals surface area contributed by atoms with E-state index in [0.717, 1.165) is 0 Å². The van der Waals surface area contributed by atoms with Crippen LogP contribution in [0.15, 0.2) is 36.4 Å². The molecular formula is C15H12ClNO4. The quantitative estimate of drug-likeness (QED) is 0.657. The number of anilines is 1. The van der Waals surface area contributed by atoms with E-state index in [1.54, 1.807) is 36.4 Å². The van der Waals surface area contributed by atoms with Gasteiger partial charge in [0.25, 0.3) is 0 Å². The van der Waals surface area contributed by atoms with E-state index in [0.29, 0.717) is 10.7 Å². The van der Waals surface area contributed by atoms with Crippen molar-refractivity contribution >= 4 is 29.1 Å². The van der Waals surface area contributed by atoms with Crippen LogP contribution in [-0.2, 0) is 14.3 Å². The van der Waals surface area contributed by atoms with E-state index in [4.69, 9.17) is 16.3 Å². The minimum atomic E-state index is -1.05. The van der Waals surface area contributed by atoms with E-state index in [2.05, 4.69) is 0 Å². The van der Waals surface area contributed by atoms with Crippen molar-refractivity contribution in [2.45, 2.75) is 11.7 Å². The minimum absolute atomic E-state index is 0.281. The first kappa shape index (κ1) is 13.0. The van der Waals surface area contributed by atoms with Crippen LogP contribution in [-0.4, -0.2) is 35.2 Å². The molecule has 0 saturated carbocycles. The monoisotopic (exact) mass is 305 g/mol. The second-order valence-corrected chi connectivity index (χ2v) is 5.98. The zero-order valence-corrected chi connectivity index (χ0v) is 11.7. The number of halogens is 1. The molecule has 0 unspecified atom stereocenters. The van der Waals surface area contributed by atoms with Gasteiger partial charge in [-0.3, -0.25) is 9.59 Å². The van der Waals surface area contributed by atoms with Gasteiger partial charge in [0.2, 0.25) is 11.8 Å². The van der Waals surface area contributed by atoms with E-state index in [1.807, 2.05) is 0 Å². The maximum atomic E-state index is 12.7. The summed E-state index contributed by atoms with van der Waals surface area (Å²) in [5.74, 6) is -1.81. The van der Waals surface area contributed by atoms with E-state index >= 15 is 0 Å². The second kappa shape index (κ2) is 4.16. The van der Waals surface area contributed by atoms with Crippen molar-refractivity contribution in [3.8, 4) is 0 Å². The third kappa shape index (κ3) is 1.54. The van der Waals surface area contributed by atoms with E-state index in [9.17, 15) is 14.7 Å². The lowest BCUT2D eigenvalue weighted by molar-refractivity contribution is -0.128. The summed E-state index contributed by atoms with van der Waals surface area (Å²) in [6.07, 6.45) is 3.03. The predicted molar refractivity (Wildman–Crippen MR) is 74.8 cm³/mol. The number of carbonyl (C=O) groups excluding carboxylic acids is 2. The van der Waals surface area contributed by atoms with Crippen molar-refractivity contribution in [2.24, 2.45) is 11.8 Å². The summed E-state index contributed by atoms with van der Waals surface area (Å²) in [4.78, 5) is 26.5. The van der Waals surface area contributed by atoms with Crippen LogP contribution in [0.4, 0.5) is 5.69 Å². The number of benzene rings is 1. The number of aliphatic hydroxyl groups is 1. The number of aliphatic hydroxyl groups excluding tert-OH is 1. The number of fused-ring (bicyclic) bond motifs is 5. The fourth-order valence-corrected chi connectivity index (χ4v) is 3.65.